The van der Waals surface area contributed by atoms with Gasteiger partial charge in [0.2, 0.25) is 0 Å². The van der Waals surface area contributed by atoms with E-state index in [-0.39, 0.29) is 0 Å². The van der Waals surface area contributed by atoms with Crippen molar-refractivity contribution in [2.75, 3.05) is 39.6 Å². The molecule has 0 radical (unpaired) electrons. The van der Waals surface area contributed by atoms with Crippen LogP contribution in [0.5, 0.6) is 11.5 Å². The van der Waals surface area contributed by atoms with E-state index < -0.39 is 0 Å². The van der Waals surface area contributed by atoms with Gasteiger partial charge in [-0.05, 0) is 31.9 Å². The van der Waals surface area contributed by atoms with Crippen LogP contribution >= 0.6 is 0 Å². The molecule has 0 bridgehead atoms. The zero-order chi connectivity index (χ0) is 15.0. The Kier molecular flexibility index (Phi) is 5.93. The molecule has 1 atom stereocenters. The summed E-state index contributed by atoms with van der Waals surface area (Å²) in [5, 5.41) is 3.43. The van der Waals surface area contributed by atoms with Crippen LogP contribution < -0.4 is 14.8 Å². The minimum absolute atomic E-state index is 0.320. The largest absolute Gasteiger partial charge is 0.486 e. The van der Waals surface area contributed by atoms with Crippen LogP contribution in [0.15, 0.2) is 18.2 Å². The highest BCUT2D eigenvalue weighted by atomic mass is 16.6. The molecule has 1 unspecified atom stereocenters. The first-order valence-electron chi connectivity index (χ1n) is 8.21. The molecule has 3 rings (SSSR count). The number of hydrogen-bond acceptors (Lipinski definition) is 5. The van der Waals surface area contributed by atoms with Gasteiger partial charge in [-0.3, -0.25) is 0 Å². The maximum absolute atomic E-state index is 5.70. The molecule has 5 nitrogen and oxygen atoms in total. The summed E-state index contributed by atoms with van der Waals surface area (Å²) >= 11 is 0. The fourth-order valence-corrected chi connectivity index (χ4v) is 2.79. The highest BCUT2D eigenvalue weighted by molar-refractivity contribution is 5.47. The van der Waals surface area contributed by atoms with Gasteiger partial charge in [0.05, 0.1) is 12.7 Å². The number of rotatable bonds is 8. The molecule has 0 saturated carbocycles. The van der Waals surface area contributed by atoms with Gasteiger partial charge in [0.25, 0.3) is 0 Å². The quantitative estimate of drug-likeness (QED) is 0.746. The minimum Gasteiger partial charge on any atom is -0.486 e. The van der Waals surface area contributed by atoms with Crippen LogP contribution in [-0.4, -0.2) is 45.7 Å². The number of ether oxygens (including phenoxy) is 4. The molecular formula is C17H25NO4. The lowest BCUT2D eigenvalue weighted by atomic mass is 10.1. The topological polar surface area (TPSA) is 49.0 Å². The molecule has 22 heavy (non-hydrogen) atoms. The molecule has 2 aliphatic heterocycles. The Balaban J connectivity index is 1.30. The van der Waals surface area contributed by atoms with Crippen molar-refractivity contribution >= 4 is 0 Å². The van der Waals surface area contributed by atoms with Gasteiger partial charge >= 0.3 is 0 Å². The molecule has 1 saturated heterocycles. The van der Waals surface area contributed by atoms with Crippen LogP contribution in [0.25, 0.3) is 0 Å². The van der Waals surface area contributed by atoms with Crippen LogP contribution in [-0.2, 0) is 16.0 Å². The minimum atomic E-state index is 0.320. The maximum Gasteiger partial charge on any atom is 0.165 e. The van der Waals surface area contributed by atoms with Crippen LogP contribution in [0.4, 0.5) is 0 Å². The SMILES string of the molecule is c1cc(CNCCCOCC2CCCO2)c2c(c1)OCCO2. The predicted octanol–water partition coefficient (Wildman–Crippen LogP) is 2.13. The van der Waals surface area contributed by atoms with E-state index in [9.17, 15) is 0 Å². The molecule has 0 spiro atoms. The number of hydrogen-bond donors (Lipinski definition) is 1. The molecule has 0 amide bonds. The third kappa shape index (κ3) is 4.35. The lowest BCUT2D eigenvalue weighted by molar-refractivity contribution is 0.0166. The monoisotopic (exact) mass is 307 g/mol. The molecular weight excluding hydrogens is 282 g/mol. The molecule has 122 valence electrons. The van der Waals surface area contributed by atoms with Gasteiger partial charge in [0.15, 0.2) is 11.5 Å². The van der Waals surface area contributed by atoms with E-state index in [4.69, 9.17) is 18.9 Å². The van der Waals surface area contributed by atoms with Crippen molar-refractivity contribution in [1.29, 1.82) is 0 Å². The van der Waals surface area contributed by atoms with Gasteiger partial charge in [-0.15, -0.1) is 0 Å². The molecule has 0 aliphatic carbocycles. The number of benzene rings is 1. The van der Waals surface area contributed by atoms with Gasteiger partial charge < -0.3 is 24.3 Å². The van der Waals surface area contributed by atoms with Gasteiger partial charge in [-0.1, -0.05) is 12.1 Å². The lowest BCUT2D eigenvalue weighted by Crippen LogP contribution is -2.21. The maximum atomic E-state index is 5.70. The first kappa shape index (κ1) is 15.6. The molecule has 1 aromatic rings. The first-order valence-corrected chi connectivity index (χ1v) is 8.21. The summed E-state index contributed by atoms with van der Waals surface area (Å²) in [6.45, 7) is 5.38. The summed E-state index contributed by atoms with van der Waals surface area (Å²) in [6.07, 6.45) is 3.63. The van der Waals surface area contributed by atoms with Crippen LogP contribution in [0.3, 0.4) is 0 Å². The molecule has 2 heterocycles. The van der Waals surface area contributed by atoms with E-state index in [0.29, 0.717) is 19.3 Å². The summed E-state index contributed by atoms with van der Waals surface area (Å²) < 4.78 is 22.5. The molecule has 0 aromatic heterocycles. The third-order valence-electron chi connectivity index (χ3n) is 3.93. The highest BCUT2D eigenvalue weighted by Crippen LogP contribution is 2.33. The van der Waals surface area contributed by atoms with Crippen molar-refractivity contribution in [1.82, 2.24) is 5.32 Å². The van der Waals surface area contributed by atoms with E-state index in [2.05, 4.69) is 11.4 Å². The van der Waals surface area contributed by atoms with Crippen molar-refractivity contribution in [2.24, 2.45) is 0 Å². The zero-order valence-electron chi connectivity index (χ0n) is 13.0. The molecule has 1 N–H and O–H groups in total. The van der Waals surface area contributed by atoms with Crippen LogP contribution in [0.2, 0.25) is 0 Å². The summed E-state index contributed by atoms with van der Waals surface area (Å²) in [5.74, 6) is 1.74. The second-order valence-electron chi connectivity index (χ2n) is 5.68. The zero-order valence-corrected chi connectivity index (χ0v) is 13.0. The van der Waals surface area contributed by atoms with Gasteiger partial charge in [0.1, 0.15) is 13.2 Å². The van der Waals surface area contributed by atoms with E-state index in [1.807, 2.05) is 12.1 Å². The Bertz CT molecular complexity index is 460. The van der Waals surface area contributed by atoms with Gasteiger partial charge in [0, 0.05) is 25.3 Å². The average Bonchev–Trinajstić information content (AvgIpc) is 3.07. The summed E-state index contributed by atoms with van der Waals surface area (Å²) in [7, 11) is 0. The van der Waals surface area contributed by atoms with E-state index >= 15 is 0 Å². The Morgan fingerprint density at radius 1 is 1.18 bits per heavy atom. The second-order valence-corrected chi connectivity index (χ2v) is 5.68. The van der Waals surface area contributed by atoms with Crippen LogP contribution in [0.1, 0.15) is 24.8 Å². The fraction of sp³-hybridized carbons (Fsp3) is 0.647. The molecule has 2 aliphatic rings. The third-order valence-corrected chi connectivity index (χ3v) is 3.93. The number of para-hydroxylation sites is 1. The molecule has 5 heteroatoms. The van der Waals surface area contributed by atoms with Crippen molar-refractivity contribution in [3.05, 3.63) is 23.8 Å². The fourth-order valence-electron chi connectivity index (χ4n) is 2.79. The standard InChI is InChI=1S/C17H25NO4/c1-4-14(17-16(6-1)21-10-11-22-17)12-18-7-3-8-19-13-15-5-2-9-20-15/h1,4,6,15,18H,2-3,5,7-13H2. The van der Waals surface area contributed by atoms with E-state index in [1.54, 1.807) is 0 Å². The van der Waals surface area contributed by atoms with Gasteiger partial charge in [-0.25, -0.2) is 0 Å². The lowest BCUT2D eigenvalue weighted by Gasteiger charge is -2.21. The molecule has 1 fully saturated rings. The van der Waals surface area contributed by atoms with Crippen molar-refractivity contribution in [2.45, 2.75) is 31.9 Å². The van der Waals surface area contributed by atoms with E-state index in [0.717, 1.165) is 62.8 Å². The Hall–Kier alpha value is -1.30. The van der Waals surface area contributed by atoms with Crippen molar-refractivity contribution in [3.63, 3.8) is 0 Å². The summed E-state index contributed by atoms with van der Waals surface area (Å²) in [6, 6.07) is 6.04. The number of fused-ring (bicyclic) bond motifs is 1. The predicted molar refractivity (Wildman–Crippen MR) is 83.5 cm³/mol. The second kappa shape index (κ2) is 8.36. The molecule has 1 aromatic carbocycles. The average molecular weight is 307 g/mol. The summed E-state index contributed by atoms with van der Waals surface area (Å²) in [4.78, 5) is 0. The van der Waals surface area contributed by atoms with Crippen molar-refractivity contribution in [3.8, 4) is 11.5 Å². The number of nitrogens with one attached hydrogen (secondary N) is 1. The summed E-state index contributed by atoms with van der Waals surface area (Å²) in [5.41, 5.74) is 1.15. The highest BCUT2D eigenvalue weighted by Gasteiger charge is 2.16. The smallest absolute Gasteiger partial charge is 0.165 e. The first-order chi connectivity index (χ1) is 10.9. The normalized spacial score (nSPS) is 20.3. The Morgan fingerprint density at radius 3 is 3.05 bits per heavy atom. The Labute approximate surface area is 131 Å². The van der Waals surface area contributed by atoms with Crippen molar-refractivity contribution < 1.29 is 18.9 Å². The Morgan fingerprint density at radius 2 is 2.14 bits per heavy atom. The van der Waals surface area contributed by atoms with Gasteiger partial charge in [-0.2, -0.15) is 0 Å². The van der Waals surface area contributed by atoms with Crippen LogP contribution in [0, 0.1) is 0 Å². The van der Waals surface area contributed by atoms with E-state index in [1.165, 1.54) is 6.42 Å².